The van der Waals surface area contributed by atoms with Crippen molar-refractivity contribution in [3.63, 3.8) is 0 Å². The molecule has 0 fully saturated rings. The van der Waals surface area contributed by atoms with Crippen molar-refractivity contribution in [3.05, 3.63) is 24.3 Å². The van der Waals surface area contributed by atoms with E-state index in [2.05, 4.69) is 10.6 Å². The van der Waals surface area contributed by atoms with Crippen LogP contribution >= 0.6 is 0 Å². The van der Waals surface area contributed by atoms with E-state index in [0.717, 1.165) is 6.42 Å². The molecule has 0 bridgehead atoms. The van der Waals surface area contributed by atoms with Crippen molar-refractivity contribution in [2.75, 3.05) is 16.8 Å². The van der Waals surface area contributed by atoms with Gasteiger partial charge in [-0.1, -0.05) is 19.1 Å². The van der Waals surface area contributed by atoms with Crippen LogP contribution in [0.1, 0.15) is 33.1 Å². The van der Waals surface area contributed by atoms with Crippen LogP contribution in [0.5, 0.6) is 0 Å². The Balaban J connectivity index is 1.98. The normalized spacial score (nSPS) is 14.8. The molecule has 1 aliphatic heterocycles. The number of hydrogen-bond acceptors (Lipinski definition) is 3. The lowest BCUT2D eigenvalue weighted by molar-refractivity contribution is -0.126. The summed E-state index contributed by atoms with van der Waals surface area (Å²) in [5, 5.41) is 5.56. The van der Waals surface area contributed by atoms with Crippen molar-refractivity contribution >= 4 is 29.1 Å². The first kappa shape index (κ1) is 16.0. The van der Waals surface area contributed by atoms with Gasteiger partial charge in [-0.3, -0.25) is 14.4 Å². The molecule has 1 unspecified atom stereocenters. The highest BCUT2D eigenvalue weighted by molar-refractivity contribution is 6.10. The third-order valence-corrected chi connectivity index (χ3v) is 3.66. The molecule has 0 spiro atoms. The lowest BCUT2D eigenvalue weighted by Gasteiger charge is -2.29. The van der Waals surface area contributed by atoms with Gasteiger partial charge in [-0.2, -0.15) is 0 Å². The lowest BCUT2D eigenvalue weighted by Crippen LogP contribution is -2.42. The molecule has 0 aromatic heterocycles. The standard InChI is InChI=1S/C16H21N3O3/c1-3-11(2)17-14(20)8-9-16(22)19-10-15(21)18-12-6-4-5-7-13(12)19/h4-7,11H,3,8-10H2,1-2H3,(H,17,20)(H,18,21). The number of rotatable bonds is 5. The number of fused-ring (bicyclic) bond motifs is 1. The van der Waals surface area contributed by atoms with Gasteiger partial charge in [0.1, 0.15) is 6.54 Å². The second-order valence-electron chi connectivity index (χ2n) is 5.42. The van der Waals surface area contributed by atoms with Crippen molar-refractivity contribution in [2.24, 2.45) is 0 Å². The summed E-state index contributed by atoms with van der Waals surface area (Å²) in [6, 6.07) is 7.25. The van der Waals surface area contributed by atoms with E-state index >= 15 is 0 Å². The maximum Gasteiger partial charge on any atom is 0.244 e. The van der Waals surface area contributed by atoms with Crippen LogP contribution in [0.25, 0.3) is 0 Å². The van der Waals surface area contributed by atoms with Crippen LogP contribution in [-0.4, -0.2) is 30.3 Å². The van der Waals surface area contributed by atoms with E-state index in [1.54, 1.807) is 18.2 Å². The number of amides is 3. The second kappa shape index (κ2) is 7.06. The zero-order valence-corrected chi connectivity index (χ0v) is 12.9. The smallest absolute Gasteiger partial charge is 0.244 e. The number of nitrogens with one attached hydrogen (secondary N) is 2. The first-order valence-corrected chi connectivity index (χ1v) is 7.50. The number of para-hydroxylation sites is 2. The van der Waals surface area contributed by atoms with E-state index in [9.17, 15) is 14.4 Å². The summed E-state index contributed by atoms with van der Waals surface area (Å²) >= 11 is 0. The number of carbonyl (C=O) groups excluding carboxylic acids is 3. The van der Waals surface area contributed by atoms with Gasteiger partial charge in [-0.05, 0) is 25.5 Å². The van der Waals surface area contributed by atoms with E-state index in [4.69, 9.17) is 0 Å². The van der Waals surface area contributed by atoms with Crippen molar-refractivity contribution < 1.29 is 14.4 Å². The van der Waals surface area contributed by atoms with Crippen LogP contribution in [0.2, 0.25) is 0 Å². The SMILES string of the molecule is CCC(C)NC(=O)CCC(=O)N1CC(=O)Nc2ccccc21. The largest absolute Gasteiger partial charge is 0.354 e. The van der Waals surface area contributed by atoms with Crippen LogP contribution in [-0.2, 0) is 14.4 Å². The van der Waals surface area contributed by atoms with Crippen LogP contribution in [0, 0.1) is 0 Å². The highest BCUT2D eigenvalue weighted by Gasteiger charge is 2.26. The van der Waals surface area contributed by atoms with Crippen molar-refractivity contribution in [1.29, 1.82) is 0 Å². The van der Waals surface area contributed by atoms with Gasteiger partial charge in [0.05, 0.1) is 11.4 Å². The zero-order chi connectivity index (χ0) is 16.1. The molecular weight excluding hydrogens is 282 g/mol. The molecule has 1 aromatic carbocycles. The molecule has 1 aliphatic rings. The Hall–Kier alpha value is -2.37. The summed E-state index contributed by atoms with van der Waals surface area (Å²) in [6.07, 6.45) is 1.06. The van der Waals surface area contributed by atoms with Gasteiger partial charge in [0, 0.05) is 18.9 Å². The summed E-state index contributed by atoms with van der Waals surface area (Å²) in [6.45, 7) is 3.90. The van der Waals surface area contributed by atoms with Gasteiger partial charge in [-0.15, -0.1) is 0 Å². The first-order chi connectivity index (χ1) is 10.5. The second-order valence-corrected chi connectivity index (χ2v) is 5.42. The summed E-state index contributed by atoms with van der Waals surface area (Å²) in [7, 11) is 0. The van der Waals surface area contributed by atoms with Crippen LogP contribution in [0.4, 0.5) is 11.4 Å². The molecule has 1 atom stereocenters. The van der Waals surface area contributed by atoms with Gasteiger partial charge in [0.2, 0.25) is 17.7 Å². The summed E-state index contributed by atoms with van der Waals surface area (Å²) in [5.41, 5.74) is 1.30. The Morgan fingerprint density at radius 2 is 2.05 bits per heavy atom. The summed E-state index contributed by atoms with van der Waals surface area (Å²) < 4.78 is 0. The lowest BCUT2D eigenvalue weighted by atomic mass is 10.1. The zero-order valence-electron chi connectivity index (χ0n) is 12.9. The summed E-state index contributed by atoms with van der Waals surface area (Å²) in [5.74, 6) is -0.588. The molecule has 0 saturated heterocycles. The molecular formula is C16H21N3O3. The van der Waals surface area contributed by atoms with Crippen LogP contribution in [0.3, 0.4) is 0 Å². The Bertz CT molecular complexity index is 586. The van der Waals surface area contributed by atoms with Gasteiger partial charge in [0.15, 0.2) is 0 Å². The Kier molecular flexibility index (Phi) is 5.14. The van der Waals surface area contributed by atoms with Gasteiger partial charge in [-0.25, -0.2) is 0 Å². The number of hydrogen-bond donors (Lipinski definition) is 2. The molecule has 1 heterocycles. The van der Waals surface area contributed by atoms with Crippen molar-refractivity contribution in [1.82, 2.24) is 5.32 Å². The van der Waals surface area contributed by atoms with Gasteiger partial charge in [0.25, 0.3) is 0 Å². The van der Waals surface area contributed by atoms with Crippen LogP contribution < -0.4 is 15.5 Å². The van der Waals surface area contributed by atoms with Gasteiger partial charge >= 0.3 is 0 Å². The molecule has 2 N–H and O–H groups in total. The first-order valence-electron chi connectivity index (χ1n) is 7.50. The predicted octanol–water partition coefficient (Wildman–Crippen LogP) is 1.67. The number of benzene rings is 1. The minimum Gasteiger partial charge on any atom is -0.354 e. The molecule has 6 nitrogen and oxygen atoms in total. The van der Waals surface area contributed by atoms with Crippen molar-refractivity contribution in [2.45, 2.75) is 39.2 Å². The highest BCUT2D eigenvalue weighted by Crippen LogP contribution is 2.29. The fourth-order valence-electron chi connectivity index (χ4n) is 2.26. The Morgan fingerprint density at radius 1 is 1.32 bits per heavy atom. The average molecular weight is 303 g/mol. The fourth-order valence-corrected chi connectivity index (χ4v) is 2.26. The van der Waals surface area contributed by atoms with E-state index in [-0.39, 0.29) is 43.1 Å². The average Bonchev–Trinajstić information content (AvgIpc) is 2.51. The molecule has 22 heavy (non-hydrogen) atoms. The molecule has 118 valence electrons. The minimum atomic E-state index is -0.226. The maximum atomic E-state index is 12.3. The predicted molar refractivity (Wildman–Crippen MR) is 84.6 cm³/mol. The van der Waals surface area contributed by atoms with E-state index in [0.29, 0.717) is 11.4 Å². The molecule has 3 amide bonds. The number of carbonyl (C=O) groups is 3. The van der Waals surface area contributed by atoms with Gasteiger partial charge < -0.3 is 15.5 Å². The van der Waals surface area contributed by atoms with E-state index < -0.39 is 0 Å². The van der Waals surface area contributed by atoms with Crippen molar-refractivity contribution in [3.8, 4) is 0 Å². The molecule has 1 aromatic rings. The minimum absolute atomic E-state index is 0.0111. The molecule has 0 radical (unpaired) electrons. The molecule has 6 heteroatoms. The number of anilines is 2. The highest BCUT2D eigenvalue weighted by atomic mass is 16.2. The fraction of sp³-hybridized carbons (Fsp3) is 0.438. The molecule has 0 aliphatic carbocycles. The maximum absolute atomic E-state index is 12.3. The topological polar surface area (TPSA) is 78.5 Å². The van der Waals surface area contributed by atoms with E-state index in [1.165, 1.54) is 4.90 Å². The van der Waals surface area contributed by atoms with E-state index in [1.807, 2.05) is 19.9 Å². The van der Waals surface area contributed by atoms with Crippen LogP contribution in [0.15, 0.2) is 24.3 Å². The Labute approximate surface area is 129 Å². The quantitative estimate of drug-likeness (QED) is 0.868. The molecule has 2 rings (SSSR count). The molecule has 0 saturated carbocycles. The third-order valence-electron chi connectivity index (χ3n) is 3.66. The Morgan fingerprint density at radius 3 is 2.77 bits per heavy atom. The monoisotopic (exact) mass is 303 g/mol. The third kappa shape index (κ3) is 3.84. The summed E-state index contributed by atoms with van der Waals surface area (Å²) in [4.78, 5) is 37.2. The number of nitrogens with zero attached hydrogens (tertiary/aromatic N) is 1.